The molecule has 0 atom stereocenters. The van der Waals surface area contributed by atoms with E-state index in [1.807, 2.05) is 37.3 Å². The maximum absolute atomic E-state index is 12.4. The predicted molar refractivity (Wildman–Crippen MR) is 109 cm³/mol. The normalized spacial score (nSPS) is 11.1. The van der Waals surface area contributed by atoms with E-state index in [1.54, 1.807) is 30.0 Å². The van der Waals surface area contributed by atoms with Crippen LogP contribution in [0.15, 0.2) is 68.7 Å². The molecule has 0 spiro atoms. The van der Waals surface area contributed by atoms with Gasteiger partial charge in [0.2, 0.25) is 0 Å². The second-order valence-corrected chi connectivity index (χ2v) is 7.32. The number of amides is 1. The van der Waals surface area contributed by atoms with E-state index in [9.17, 15) is 9.59 Å². The molecule has 0 bridgehead atoms. The Morgan fingerprint density at radius 3 is 2.81 bits per heavy atom. The van der Waals surface area contributed by atoms with Crippen LogP contribution in [0.25, 0.3) is 21.9 Å². The number of rotatable bonds is 5. The summed E-state index contributed by atoms with van der Waals surface area (Å²) in [5.41, 5.74) is 2.11. The number of fused-ring (bicyclic) bond motifs is 2. The number of carbonyl (C=O) groups excluding carboxylic acids is 1. The van der Waals surface area contributed by atoms with Crippen molar-refractivity contribution in [2.75, 3.05) is 12.3 Å². The van der Waals surface area contributed by atoms with Crippen LogP contribution in [0.2, 0.25) is 0 Å². The summed E-state index contributed by atoms with van der Waals surface area (Å²) in [6.07, 6.45) is 0. The fourth-order valence-corrected chi connectivity index (χ4v) is 4.08. The van der Waals surface area contributed by atoms with Gasteiger partial charge in [-0.1, -0.05) is 36.4 Å². The number of aromatic nitrogens is 1. The average Bonchev–Trinajstić information content (AvgIpc) is 2.99. The number of H-pyrrole nitrogens is 1. The number of aromatic amines is 1. The molecule has 27 heavy (non-hydrogen) atoms. The number of carbonyl (C=O) groups is 1. The topological polar surface area (TPSA) is 75.1 Å². The molecule has 2 aromatic carbocycles. The monoisotopic (exact) mass is 378 g/mol. The van der Waals surface area contributed by atoms with Gasteiger partial charge in [0.15, 0.2) is 0 Å². The lowest BCUT2D eigenvalue weighted by molar-refractivity contribution is 0.0952. The van der Waals surface area contributed by atoms with Crippen LogP contribution in [0.5, 0.6) is 0 Å². The molecule has 136 valence electrons. The van der Waals surface area contributed by atoms with E-state index >= 15 is 0 Å². The van der Waals surface area contributed by atoms with Crippen LogP contribution < -0.4 is 10.9 Å². The molecule has 6 heteroatoms. The standard InChI is InChI=1S/C21H18N2O3S/c1-13-19(15-7-3-4-8-17(15)23-13)27-11-10-22-20(24)16-12-14-6-2-5-9-18(14)26-21(16)25/h2-9,12,23H,10-11H2,1H3,(H,22,24). The number of benzene rings is 2. The van der Waals surface area contributed by atoms with Crippen LogP contribution in [0.4, 0.5) is 0 Å². The summed E-state index contributed by atoms with van der Waals surface area (Å²) in [5.74, 6) is 0.290. The molecule has 0 unspecified atom stereocenters. The van der Waals surface area contributed by atoms with Crippen molar-refractivity contribution in [3.8, 4) is 0 Å². The van der Waals surface area contributed by atoms with E-state index in [1.165, 1.54) is 10.3 Å². The summed E-state index contributed by atoms with van der Waals surface area (Å²) in [6, 6.07) is 16.9. The van der Waals surface area contributed by atoms with Crippen LogP contribution in [0, 0.1) is 6.92 Å². The minimum atomic E-state index is -0.619. The SMILES string of the molecule is Cc1[nH]c2ccccc2c1SCCNC(=O)c1cc2ccccc2oc1=O. The molecule has 4 rings (SSSR count). The fourth-order valence-electron chi connectivity index (χ4n) is 3.07. The largest absolute Gasteiger partial charge is 0.422 e. The lowest BCUT2D eigenvalue weighted by Crippen LogP contribution is -2.29. The molecule has 0 fully saturated rings. The van der Waals surface area contributed by atoms with Crippen LogP contribution in [0.3, 0.4) is 0 Å². The van der Waals surface area contributed by atoms with Gasteiger partial charge >= 0.3 is 5.63 Å². The van der Waals surface area contributed by atoms with Crippen molar-refractivity contribution in [2.24, 2.45) is 0 Å². The van der Waals surface area contributed by atoms with Crippen molar-refractivity contribution in [2.45, 2.75) is 11.8 Å². The van der Waals surface area contributed by atoms with Gasteiger partial charge in [-0.25, -0.2) is 4.79 Å². The van der Waals surface area contributed by atoms with Crippen molar-refractivity contribution >= 4 is 39.5 Å². The number of para-hydroxylation sites is 2. The van der Waals surface area contributed by atoms with Crippen LogP contribution in [-0.4, -0.2) is 23.2 Å². The van der Waals surface area contributed by atoms with E-state index in [-0.39, 0.29) is 5.56 Å². The van der Waals surface area contributed by atoms with Crippen molar-refractivity contribution in [1.29, 1.82) is 0 Å². The molecule has 0 aliphatic carbocycles. The van der Waals surface area contributed by atoms with Crippen LogP contribution >= 0.6 is 11.8 Å². The summed E-state index contributed by atoms with van der Waals surface area (Å²) < 4.78 is 5.22. The van der Waals surface area contributed by atoms with Gasteiger partial charge in [0.25, 0.3) is 5.91 Å². The molecule has 5 nitrogen and oxygen atoms in total. The number of nitrogens with one attached hydrogen (secondary N) is 2. The summed E-state index contributed by atoms with van der Waals surface area (Å²) in [7, 11) is 0. The third kappa shape index (κ3) is 3.48. The van der Waals surface area contributed by atoms with Gasteiger partial charge in [-0.05, 0) is 25.1 Å². The second-order valence-electron chi connectivity index (χ2n) is 6.21. The molecule has 1 amide bonds. The lowest BCUT2D eigenvalue weighted by atomic mass is 10.2. The molecule has 2 N–H and O–H groups in total. The van der Waals surface area contributed by atoms with E-state index in [0.717, 1.165) is 16.6 Å². The van der Waals surface area contributed by atoms with Crippen molar-refractivity contribution in [3.05, 3.63) is 76.3 Å². The molecule has 4 aromatic rings. The highest BCUT2D eigenvalue weighted by atomic mass is 32.2. The Morgan fingerprint density at radius 2 is 1.93 bits per heavy atom. The first-order valence-corrected chi connectivity index (χ1v) is 9.63. The molecule has 0 aliphatic heterocycles. The van der Waals surface area contributed by atoms with E-state index in [0.29, 0.717) is 17.9 Å². The average molecular weight is 378 g/mol. The molecular formula is C21H18N2O3S. The lowest BCUT2D eigenvalue weighted by Gasteiger charge is -2.06. The molecule has 2 aromatic heterocycles. The number of hydrogen-bond donors (Lipinski definition) is 2. The smallest absolute Gasteiger partial charge is 0.349 e. The summed E-state index contributed by atoms with van der Waals surface area (Å²) in [4.78, 5) is 29.0. The zero-order valence-electron chi connectivity index (χ0n) is 14.7. The third-order valence-electron chi connectivity index (χ3n) is 4.35. The molecule has 0 saturated carbocycles. The van der Waals surface area contributed by atoms with E-state index in [2.05, 4.69) is 16.4 Å². The number of aryl methyl sites for hydroxylation is 1. The van der Waals surface area contributed by atoms with Crippen molar-refractivity contribution < 1.29 is 9.21 Å². The van der Waals surface area contributed by atoms with Gasteiger partial charge in [0.05, 0.1) is 0 Å². The summed E-state index contributed by atoms with van der Waals surface area (Å²) in [5, 5.41) is 4.71. The zero-order chi connectivity index (χ0) is 18.8. The molecule has 0 aliphatic rings. The maximum Gasteiger partial charge on any atom is 0.349 e. The first-order valence-electron chi connectivity index (χ1n) is 8.64. The highest BCUT2D eigenvalue weighted by Gasteiger charge is 2.13. The first kappa shape index (κ1) is 17.4. The van der Waals surface area contributed by atoms with Crippen LogP contribution in [0.1, 0.15) is 16.1 Å². The first-order chi connectivity index (χ1) is 13.1. The van der Waals surface area contributed by atoms with Crippen molar-refractivity contribution in [1.82, 2.24) is 10.3 Å². The van der Waals surface area contributed by atoms with Gasteiger partial charge in [0.1, 0.15) is 11.1 Å². The summed E-state index contributed by atoms with van der Waals surface area (Å²) >= 11 is 1.68. The second kappa shape index (κ2) is 7.32. The Labute approximate surface area is 159 Å². The van der Waals surface area contributed by atoms with Gasteiger partial charge in [-0.2, -0.15) is 0 Å². The van der Waals surface area contributed by atoms with Crippen molar-refractivity contribution in [3.63, 3.8) is 0 Å². The quantitative estimate of drug-likeness (QED) is 0.311. The Morgan fingerprint density at radius 1 is 1.15 bits per heavy atom. The van der Waals surface area contributed by atoms with Crippen LogP contribution in [-0.2, 0) is 0 Å². The van der Waals surface area contributed by atoms with Gasteiger partial charge in [-0.3, -0.25) is 4.79 Å². The Bertz CT molecular complexity index is 1190. The molecule has 0 saturated heterocycles. The highest BCUT2D eigenvalue weighted by Crippen LogP contribution is 2.30. The minimum Gasteiger partial charge on any atom is -0.422 e. The third-order valence-corrected chi connectivity index (χ3v) is 5.58. The maximum atomic E-state index is 12.4. The minimum absolute atomic E-state index is 0.0296. The Kier molecular flexibility index (Phi) is 4.73. The Hall–Kier alpha value is -2.99. The van der Waals surface area contributed by atoms with Gasteiger partial charge in [-0.15, -0.1) is 11.8 Å². The Balaban J connectivity index is 1.42. The fraction of sp³-hybridized carbons (Fsp3) is 0.143. The molecule has 2 heterocycles. The number of hydrogen-bond acceptors (Lipinski definition) is 4. The highest BCUT2D eigenvalue weighted by molar-refractivity contribution is 7.99. The van der Waals surface area contributed by atoms with E-state index < -0.39 is 11.5 Å². The van der Waals surface area contributed by atoms with Gasteiger partial charge in [0, 0.05) is 39.2 Å². The van der Waals surface area contributed by atoms with E-state index in [4.69, 9.17) is 4.42 Å². The molecule has 0 radical (unpaired) electrons. The van der Waals surface area contributed by atoms with Gasteiger partial charge < -0.3 is 14.7 Å². The number of thioether (sulfide) groups is 1. The zero-order valence-corrected chi connectivity index (χ0v) is 15.6. The predicted octanol–water partition coefficient (Wildman–Crippen LogP) is 4.10. The summed E-state index contributed by atoms with van der Waals surface area (Å²) in [6.45, 7) is 2.50. The molecular weight excluding hydrogens is 360 g/mol.